The molecule has 0 fully saturated rings. The number of halogens is 1. The van der Waals surface area contributed by atoms with Crippen LogP contribution >= 0.6 is 0 Å². The van der Waals surface area contributed by atoms with Gasteiger partial charge in [0.2, 0.25) is 5.91 Å². The van der Waals surface area contributed by atoms with Gasteiger partial charge in [-0.05, 0) is 36.4 Å². The molecule has 1 heterocycles. The summed E-state index contributed by atoms with van der Waals surface area (Å²) in [4.78, 5) is 20.0. The Labute approximate surface area is 156 Å². The monoisotopic (exact) mass is 385 g/mol. The molecule has 0 radical (unpaired) electrons. The van der Waals surface area contributed by atoms with Crippen LogP contribution < -0.4 is 4.72 Å². The third-order valence-electron chi connectivity index (χ3n) is 3.82. The lowest BCUT2D eigenvalue weighted by atomic mass is 10.0. The molecule has 2 aromatic carbocycles. The molecule has 3 rings (SSSR count). The molecular formula is C19H16FN3O3S. The van der Waals surface area contributed by atoms with Crippen molar-refractivity contribution in [3.05, 3.63) is 66.7 Å². The van der Waals surface area contributed by atoms with Crippen molar-refractivity contribution in [1.29, 1.82) is 0 Å². The first kappa shape index (κ1) is 18.7. The average molecular weight is 385 g/mol. The van der Waals surface area contributed by atoms with Crippen LogP contribution in [-0.4, -0.2) is 24.3 Å². The lowest BCUT2D eigenvalue weighted by molar-refractivity contribution is -0.119. The van der Waals surface area contributed by atoms with Crippen LogP contribution in [0, 0.1) is 5.82 Å². The SMILES string of the molecule is CCC(=O)NS(=O)(=O)c1ccc(-c2nccnc2-c2ccc(F)cc2)cc1. The predicted octanol–water partition coefficient (Wildman–Crippen LogP) is 3.16. The number of amides is 1. The molecular weight excluding hydrogens is 369 g/mol. The molecule has 0 aliphatic rings. The maximum absolute atomic E-state index is 13.2. The number of benzene rings is 2. The topological polar surface area (TPSA) is 89.0 Å². The first-order chi connectivity index (χ1) is 12.9. The van der Waals surface area contributed by atoms with Crippen LogP contribution in [0.5, 0.6) is 0 Å². The van der Waals surface area contributed by atoms with E-state index in [2.05, 4.69) is 9.97 Å². The number of carbonyl (C=O) groups excluding carboxylic acids is 1. The molecule has 0 aliphatic heterocycles. The van der Waals surface area contributed by atoms with E-state index in [0.717, 1.165) is 0 Å². The fourth-order valence-corrected chi connectivity index (χ4v) is 3.50. The number of carbonyl (C=O) groups is 1. The summed E-state index contributed by atoms with van der Waals surface area (Å²) in [5.74, 6) is -0.931. The molecule has 8 heteroatoms. The molecule has 0 saturated carbocycles. The predicted molar refractivity (Wildman–Crippen MR) is 98.5 cm³/mol. The van der Waals surface area contributed by atoms with Gasteiger partial charge in [0.1, 0.15) is 5.82 Å². The van der Waals surface area contributed by atoms with E-state index < -0.39 is 15.9 Å². The van der Waals surface area contributed by atoms with Gasteiger partial charge in [-0.15, -0.1) is 0 Å². The Bertz CT molecular complexity index is 1070. The van der Waals surface area contributed by atoms with Gasteiger partial charge in [0.15, 0.2) is 0 Å². The first-order valence-corrected chi connectivity index (χ1v) is 9.62. The van der Waals surface area contributed by atoms with Crippen LogP contribution in [-0.2, 0) is 14.8 Å². The Morgan fingerprint density at radius 2 is 1.41 bits per heavy atom. The van der Waals surface area contributed by atoms with Gasteiger partial charge in [0, 0.05) is 29.9 Å². The number of nitrogens with one attached hydrogen (secondary N) is 1. The lowest BCUT2D eigenvalue weighted by Crippen LogP contribution is -2.29. The molecule has 1 N–H and O–H groups in total. The van der Waals surface area contributed by atoms with Gasteiger partial charge in [-0.25, -0.2) is 17.5 Å². The second-order valence-electron chi connectivity index (χ2n) is 5.67. The van der Waals surface area contributed by atoms with Crippen molar-refractivity contribution in [3.8, 4) is 22.5 Å². The molecule has 0 saturated heterocycles. The molecule has 1 amide bonds. The van der Waals surface area contributed by atoms with E-state index >= 15 is 0 Å². The highest BCUT2D eigenvalue weighted by Crippen LogP contribution is 2.29. The summed E-state index contributed by atoms with van der Waals surface area (Å²) in [5.41, 5.74) is 2.41. The van der Waals surface area contributed by atoms with Crippen molar-refractivity contribution in [3.63, 3.8) is 0 Å². The van der Waals surface area contributed by atoms with Crippen molar-refractivity contribution >= 4 is 15.9 Å². The Hall–Kier alpha value is -3.13. The minimum absolute atomic E-state index is 0.0275. The first-order valence-electron chi connectivity index (χ1n) is 8.14. The Morgan fingerprint density at radius 1 is 0.926 bits per heavy atom. The van der Waals surface area contributed by atoms with Gasteiger partial charge >= 0.3 is 0 Å². The zero-order chi connectivity index (χ0) is 19.4. The number of sulfonamides is 1. The number of rotatable bonds is 5. The Balaban J connectivity index is 1.97. The van der Waals surface area contributed by atoms with Crippen molar-refractivity contribution in [1.82, 2.24) is 14.7 Å². The van der Waals surface area contributed by atoms with E-state index in [1.807, 2.05) is 4.72 Å². The smallest absolute Gasteiger partial charge is 0.264 e. The van der Waals surface area contributed by atoms with Gasteiger partial charge in [0.25, 0.3) is 10.0 Å². The molecule has 3 aromatic rings. The van der Waals surface area contributed by atoms with E-state index in [-0.39, 0.29) is 17.1 Å². The van der Waals surface area contributed by atoms with Gasteiger partial charge in [-0.3, -0.25) is 14.8 Å². The maximum atomic E-state index is 13.2. The Morgan fingerprint density at radius 3 is 1.89 bits per heavy atom. The van der Waals surface area contributed by atoms with E-state index in [1.165, 1.54) is 36.7 Å². The minimum atomic E-state index is -3.91. The summed E-state index contributed by atoms with van der Waals surface area (Å²) in [6.45, 7) is 1.57. The Kier molecular flexibility index (Phi) is 5.27. The number of nitrogens with zero attached hydrogens (tertiary/aromatic N) is 2. The van der Waals surface area contributed by atoms with Crippen molar-refractivity contribution in [2.75, 3.05) is 0 Å². The molecule has 0 bridgehead atoms. The van der Waals surface area contributed by atoms with Crippen LogP contribution in [0.2, 0.25) is 0 Å². The standard InChI is InChI=1S/C19H16FN3O3S/c1-2-17(24)23-27(25,26)16-9-5-14(6-10-16)19-18(21-11-12-22-19)13-3-7-15(20)8-4-13/h3-12H,2H2,1H3,(H,23,24). The number of hydrogen-bond donors (Lipinski definition) is 1. The van der Waals surface area contributed by atoms with Gasteiger partial charge in [0.05, 0.1) is 16.3 Å². The van der Waals surface area contributed by atoms with Crippen LogP contribution in [0.25, 0.3) is 22.5 Å². The molecule has 138 valence electrons. The van der Waals surface area contributed by atoms with E-state index in [9.17, 15) is 17.6 Å². The third kappa shape index (κ3) is 4.17. The molecule has 0 atom stereocenters. The summed E-state index contributed by atoms with van der Waals surface area (Å²) in [5, 5.41) is 0. The van der Waals surface area contributed by atoms with Crippen LogP contribution in [0.3, 0.4) is 0 Å². The maximum Gasteiger partial charge on any atom is 0.264 e. The second-order valence-corrected chi connectivity index (χ2v) is 7.35. The highest BCUT2D eigenvalue weighted by Gasteiger charge is 2.17. The van der Waals surface area contributed by atoms with Gasteiger partial charge in [-0.2, -0.15) is 0 Å². The summed E-state index contributed by atoms with van der Waals surface area (Å²) >= 11 is 0. The van der Waals surface area contributed by atoms with E-state index in [4.69, 9.17) is 0 Å². The normalized spacial score (nSPS) is 11.2. The average Bonchev–Trinajstić information content (AvgIpc) is 2.68. The molecule has 27 heavy (non-hydrogen) atoms. The summed E-state index contributed by atoms with van der Waals surface area (Å²) in [7, 11) is -3.91. The number of hydrogen-bond acceptors (Lipinski definition) is 5. The molecule has 0 unspecified atom stereocenters. The van der Waals surface area contributed by atoms with Crippen molar-refractivity contribution in [2.24, 2.45) is 0 Å². The quantitative estimate of drug-likeness (QED) is 0.729. The van der Waals surface area contributed by atoms with E-state index in [1.54, 1.807) is 31.2 Å². The summed E-state index contributed by atoms with van der Waals surface area (Å²) in [6.07, 6.45) is 3.12. The molecule has 0 aliphatic carbocycles. The summed E-state index contributed by atoms with van der Waals surface area (Å²) < 4.78 is 39.5. The molecule has 1 aromatic heterocycles. The van der Waals surface area contributed by atoms with Gasteiger partial charge in [-0.1, -0.05) is 19.1 Å². The fourth-order valence-electron chi connectivity index (χ4n) is 2.44. The summed E-state index contributed by atoms with van der Waals surface area (Å²) in [6, 6.07) is 11.8. The van der Waals surface area contributed by atoms with E-state index in [0.29, 0.717) is 22.5 Å². The zero-order valence-corrected chi connectivity index (χ0v) is 15.2. The van der Waals surface area contributed by atoms with Crippen LogP contribution in [0.15, 0.2) is 65.8 Å². The largest absolute Gasteiger partial charge is 0.274 e. The minimum Gasteiger partial charge on any atom is -0.274 e. The highest BCUT2D eigenvalue weighted by molar-refractivity contribution is 7.90. The zero-order valence-electron chi connectivity index (χ0n) is 14.4. The van der Waals surface area contributed by atoms with Crippen LogP contribution in [0.4, 0.5) is 4.39 Å². The van der Waals surface area contributed by atoms with Crippen LogP contribution in [0.1, 0.15) is 13.3 Å². The van der Waals surface area contributed by atoms with Crippen molar-refractivity contribution in [2.45, 2.75) is 18.2 Å². The highest BCUT2D eigenvalue weighted by atomic mass is 32.2. The lowest BCUT2D eigenvalue weighted by Gasteiger charge is -2.09. The van der Waals surface area contributed by atoms with Gasteiger partial charge < -0.3 is 0 Å². The van der Waals surface area contributed by atoms with Crippen molar-refractivity contribution < 1.29 is 17.6 Å². The second kappa shape index (κ2) is 7.63. The molecule has 6 nitrogen and oxygen atoms in total. The number of aromatic nitrogens is 2. The third-order valence-corrected chi connectivity index (χ3v) is 5.21. The molecule has 0 spiro atoms. The fraction of sp³-hybridized carbons (Fsp3) is 0.105.